The molecular weight excluding hydrogens is 348 g/mol. The van der Waals surface area contributed by atoms with Gasteiger partial charge in [0.2, 0.25) is 0 Å². The lowest BCUT2D eigenvalue weighted by atomic mass is 9.72. The maximum atomic E-state index is 13.1. The Bertz CT molecular complexity index is 607. The van der Waals surface area contributed by atoms with Crippen molar-refractivity contribution < 1.29 is 31.4 Å². The SMILES string of the molecule is CN1C2CCCC1CC(O)(c1cc(C(F)(F)F)cc(C(F)(F)F)c1)C2. The van der Waals surface area contributed by atoms with Crippen LogP contribution in [-0.4, -0.2) is 29.1 Å². The van der Waals surface area contributed by atoms with E-state index in [0.717, 1.165) is 19.3 Å². The number of halogens is 6. The first kappa shape index (κ1) is 18.5. The lowest BCUT2D eigenvalue weighted by Crippen LogP contribution is -2.55. The molecule has 0 spiro atoms. The van der Waals surface area contributed by atoms with Crippen LogP contribution in [0.15, 0.2) is 18.2 Å². The number of alkyl halides is 6. The second-order valence-electron chi connectivity index (χ2n) is 7.14. The van der Waals surface area contributed by atoms with Gasteiger partial charge in [-0.05, 0) is 56.5 Å². The van der Waals surface area contributed by atoms with Gasteiger partial charge in [-0.3, -0.25) is 0 Å². The largest absolute Gasteiger partial charge is 0.416 e. The second-order valence-corrected chi connectivity index (χ2v) is 7.14. The zero-order valence-electron chi connectivity index (χ0n) is 13.6. The second kappa shape index (κ2) is 5.87. The minimum Gasteiger partial charge on any atom is -0.385 e. The Morgan fingerprint density at radius 2 is 1.36 bits per heavy atom. The van der Waals surface area contributed by atoms with Crippen molar-refractivity contribution >= 4 is 0 Å². The zero-order valence-corrected chi connectivity index (χ0v) is 13.6. The van der Waals surface area contributed by atoms with Crippen molar-refractivity contribution in [3.8, 4) is 0 Å². The summed E-state index contributed by atoms with van der Waals surface area (Å²) in [7, 11) is 1.89. The average Bonchev–Trinajstić information content (AvgIpc) is 2.47. The molecule has 2 nitrogen and oxygen atoms in total. The minimum atomic E-state index is -4.91. The van der Waals surface area contributed by atoms with Crippen LogP contribution in [0.5, 0.6) is 0 Å². The van der Waals surface area contributed by atoms with Gasteiger partial charge in [0.15, 0.2) is 0 Å². The van der Waals surface area contributed by atoms with E-state index >= 15 is 0 Å². The summed E-state index contributed by atoms with van der Waals surface area (Å²) < 4.78 is 78.4. The molecule has 0 amide bonds. The van der Waals surface area contributed by atoms with Gasteiger partial charge in [0.05, 0.1) is 16.7 Å². The van der Waals surface area contributed by atoms with Crippen LogP contribution in [0.4, 0.5) is 26.3 Å². The molecule has 1 aromatic rings. The quantitative estimate of drug-likeness (QED) is 0.736. The van der Waals surface area contributed by atoms with Crippen molar-refractivity contribution in [1.29, 1.82) is 0 Å². The van der Waals surface area contributed by atoms with Crippen molar-refractivity contribution in [1.82, 2.24) is 4.90 Å². The van der Waals surface area contributed by atoms with E-state index in [1.165, 1.54) is 0 Å². The molecule has 2 heterocycles. The van der Waals surface area contributed by atoms with Crippen LogP contribution in [0.1, 0.15) is 48.8 Å². The van der Waals surface area contributed by atoms with Crippen LogP contribution in [0, 0.1) is 0 Å². The topological polar surface area (TPSA) is 23.5 Å². The molecule has 1 N–H and O–H groups in total. The number of hydrogen-bond donors (Lipinski definition) is 1. The first-order chi connectivity index (χ1) is 11.4. The number of fused-ring (bicyclic) bond motifs is 2. The summed E-state index contributed by atoms with van der Waals surface area (Å²) in [5.74, 6) is 0. The fraction of sp³-hybridized carbons (Fsp3) is 0.647. The summed E-state index contributed by atoms with van der Waals surface area (Å²) in [6.45, 7) is 0. The van der Waals surface area contributed by atoms with E-state index in [-0.39, 0.29) is 36.6 Å². The Morgan fingerprint density at radius 1 is 0.920 bits per heavy atom. The third-order valence-corrected chi connectivity index (χ3v) is 5.50. The molecule has 1 aromatic carbocycles. The molecule has 2 atom stereocenters. The van der Waals surface area contributed by atoms with Gasteiger partial charge in [0.25, 0.3) is 0 Å². The van der Waals surface area contributed by atoms with Crippen molar-refractivity contribution in [2.45, 2.75) is 62.1 Å². The minimum absolute atomic E-state index is 0.0404. The summed E-state index contributed by atoms with van der Waals surface area (Å²) in [4.78, 5) is 2.08. The lowest BCUT2D eigenvalue weighted by Gasteiger charge is -2.51. The molecule has 140 valence electrons. The standard InChI is InChI=1S/C17H19F6NO/c1-24-13-3-2-4-14(24)9-15(25,8-13)10-5-11(16(18,19)20)7-12(6-10)17(21,22)23/h5-7,13-14,25H,2-4,8-9H2,1H3. The van der Waals surface area contributed by atoms with Crippen LogP contribution in [0.2, 0.25) is 0 Å². The molecule has 2 aliphatic heterocycles. The number of nitrogens with zero attached hydrogens (tertiary/aromatic N) is 1. The van der Waals surface area contributed by atoms with E-state index in [9.17, 15) is 31.4 Å². The first-order valence-electron chi connectivity index (χ1n) is 8.14. The molecule has 0 aliphatic carbocycles. The number of piperidine rings is 2. The highest BCUT2D eigenvalue weighted by atomic mass is 19.4. The molecule has 25 heavy (non-hydrogen) atoms. The van der Waals surface area contributed by atoms with Gasteiger partial charge in [-0.1, -0.05) is 6.42 Å². The molecular formula is C17H19F6NO. The molecule has 0 saturated carbocycles. The van der Waals surface area contributed by atoms with E-state index < -0.39 is 29.1 Å². The number of aliphatic hydroxyl groups is 1. The smallest absolute Gasteiger partial charge is 0.385 e. The fourth-order valence-electron chi connectivity index (χ4n) is 4.11. The molecule has 2 bridgehead atoms. The molecule has 2 unspecified atom stereocenters. The highest BCUT2D eigenvalue weighted by Gasteiger charge is 2.47. The molecule has 2 aliphatic rings. The Hall–Kier alpha value is -1.28. The van der Waals surface area contributed by atoms with Gasteiger partial charge >= 0.3 is 12.4 Å². The van der Waals surface area contributed by atoms with Gasteiger partial charge in [0.1, 0.15) is 0 Å². The zero-order chi connectivity index (χ0) is 18.6. The molecule has 2 saturated heterocycles. The summed E-state index contributed by atoms with van der Waals surface area (Å²) >= 11 is 0. The van der Waals surface area contributed by atoms with Gasteiger partial charge in [0, 0.05) is 12.1 Å². The van der Waals surface area contributed by atoms with E-state index in [4.69, 9.17) is 0 Å². The van der Waals surface area contributed by atoms with Crippen LogP contribution < -0.4 is 0 Å². The third kappa shape index (κ3) is 3.51. The molecule has 0 aromatic heterocycles. The van der Waals surface area contributed by atoms with Gasteiger partial charge < -0.3 is 10.0 Å². The van der Waals surface area contributed by atoms with Crippen molar-refractivity contribution in [2.75, 3.05) is 7.05 Å². The Kier molecular flexibility index (Phi) is 4.35. The molecule has 0 radical (unpaired) electrons. The summed E-state index contributed by atoms with van der Waals surface area (Å²) in [6, 6.07) is 1.35. The number of rotatable bonds is 1. The maximum absolute atomic E-state index is 13.1. The molecule has 2 fully saturated rings. The van der Waals surface area contributed by atoms with Crippen LogP contribution in [0.3, 0.4) is 0 Å². The van der Waals surface area contributed by atoms with E-state index in [0.29, 0.717) is 12.1 Å². The lowest BCUT2D eigenvalue weighted by molar-refractivity contribution is -0.143. The van der Waals surface area contributed by atoms with Gasteiger partial charge in [-0.2, -0.15) is 26.3 Å². The van der Waals surface area contributed by atoms with Crippen LogP contribution >= 0.6 is 0 Å². The summed E-state index contributed by atoms with van der Waals surface area (Å²) in [6.07, 6.45) is -7.04. The Balaban J connectivity index is 2.06. The normalized spacial score (nSPS) is 31.2. The van der Waals surface area contributed by atoms with Gasteiger partial charge in [-0.15, -0.1) is 0 Å². The van der Waals surface area contributed by atoms with Crippen LogP contribution in [-0.2, 0) is 18.0 Å². The highest BCUT2D eigenvalue weighted by Crippen LogP contribution is 2.46. The first-order valence-corrected chi connectivity index (χ1v) is 8.14. The fourth-order valence-corrected chi connectivity index (χ4v) is 4.11. The van der Waals surface area contributed by atoms with E-state index in [1.54, 1.807) is 0 Å². The average molecular weight is 367 g/mol. The van der Waals surface area contributed by atoms with E-state index in [2.05, 4.69) is 4.90 Å². The predicted octanol–water partition coefficient (Wildman–Crippen LogP) is 4.56. The van der Waals surface area contributed by atoms with Crippen molar-refractivity contribution in [3.05, 3.63) is 34.9 Å². The monoisotopic (exact) mass is 367 g/mol. The third-order valence-electron chi connectivity index (χ3n) is 5.50. The van der Waals surface area contributed by atoms with E-state index in [1.807, 2.05) is 7.05 Å². The Labute approximate surface area is 141 Å². The predicted molar refractivity (Wildman–Crippen MR) is 78.8 cm³/mol. The van der Waals surface area contributed by atoms with Crippen molar-refractivity contribution in [3.63, 3.8) is 0 Å². The number of hydrogen-bond acceptors (Lipinski definition) is 2. The number of benzene rings is 1. The Morgan fingerprint density at radius 3 is 1.76 bits per heavy atom. The molecule has 3 rings (SSSR count). The van der Waals surface area contributed by atoms with Gasteiger partial charge in [-0.25, -0.2) is 0 Å². The maximum Gasteiger partial charge on any atom is 0.416 e. The van der Waals surface area contributed by atoms with Crippen molar-refractivity contribution in [2.24, 2.45) is 0 Å². The van der Waals surface area contributed by atoms with Crippen LogP contribution in [0.25, 0.3) is 0 Å². The molecule has 8 heteroatoms. The summed E-state index contributed by atoms with van der Waals surface area (Å²) in [5.41, 5.74) is -4.73. The highest BCUT2D eigenvalue weighted by molar-refractivity contribution is 5.37. The summed E-state index contributed by atoms with van der Waals surface area (Å²) in [5, 5.41) is 11.0.